The monoisotopic (exact) mass is 311 g/mol. The molecule has 0 aromatic heterocycles. The largest absolute Gasteiger partial charge is 0.458 e. The van der Waals surface area contributed by atoms with Gasteiger partial charge in [0.25, 0.3) is 5.54 Å². The normalized spacial score (nSPS) is 35.1. The smallest absolute Gasteiger partial charge is 0.310 e. The summed E-state index contributed by atoms with van der Waals surface area (Å²) in [6.07, 6.45) is -0.606. The molecule has 2 fully saturated rings. The van der Waals surface area contributed by atoms with Crippen LogP contribution in [0, 0.1) is 16.0 Å². The zero-order valence-corrected chi connectivity index (χ0v) is 11.8. The summed E-state index contributed by atoms with van der Waals surface area (Å²) >= 11 is 6.18. The third-order valence-electron chi connectivity index (χ3n) is 4.60. The molecule has 1 N–H and O–H groups in total. The SMILES string of the molecule is O=C1OC[C@]2([N+](=O)[O-])[C@H](c3ccccc3Cl)[C@H]1CC[C@@H]2O. The number of aliphatic hydroxyl groups is 1. The summed E-state index contributed by atoms with van der Waals surface area (Å²) in [5.41, 5.74) is -1.20. The van der Waals surface area contributed by atoms with Crippen LogP contribution in [0.15, 0.2) is 24.3 Å². The molecule has 7 heteroatoms. The highest BCUT2D eigenvalue weighted by molar-refractivity contribution is 6.31. The van der Waals surface area contributed by atoms with Crippen molar-refractivity contribution < 1.29 is 19.6 Å². The Hall–Kier alpha value is -1.66. The second-order valence-electron chi connectivity index (χ2n) is 5.55. The third kappa shape index (κ3) is 1.93. The van der Waals surface area contributed by atoms with Crippen LogP contribution in [-0.2, 0) is 9.53 Å². The molecule has 2 bridgehead atoms. The molecule has 0 spiro atoms. The summed E-state index contributed by atoms with van der Waals surface area (Å²) in [4.78, 5) is 23.2. The Bertz CT molecular complexity index is 607. The van der Waals surface area contributed by atoms with Gasteiger partial charge < -0.3 is 9.84 Å². The molecule has 1 heterocycles. The van der Waals surface area contributed by atoms with E-state index in [0.717, 1.165) is 0 Å². The first kappa shape index (κ1) is 14.3. The molecule has 6 nitrogen and oxygen atoms in total. The molecule has 0 unspecified atom stereocenters. The number of hydrogen-bond donors (Lipinski definition) is 1. The molecule has 21 heavy (non-hydrogen) atoms. The lowest BCUT2D eigenvalue weighted by Crippen LogP contribution is -2.65. The van der Waals surface area contributed by atoms with E-state index in [-0.39, 0.29) is 6.42 Å². The van der Waals surface area contributed by atoms with Crippen molar-refractivity contribution in [1.82, 2.24) is 0 Å². The lowest BCUT2D eigenvalue weighted by molar-refractivity contribution is -0.599. The number of hydrogen-bond acceptors (Lipinski definition) is 5. The van der Waals surface area contributed by atoms with Gasteiger partial charge >= 0.3 is 5.97 Å². The molecule has 1 saturated heterocycles. The molecule has 112 valence electrons. The standard InChI is InChI=1S/C14H14ClNO5/c15-10-4-2-1-3-8(10)12-9-5-6-11(17)14(12,16(19)20)7-21-13(9)18/h1-4,9,11-12,17H,5-7H2/t9-,11+,12-,14-/m1/s1. The highest BCUT2D eigenvalue weighted by Gasteiger charge is 2.67. The van der Waals surface area contributed by atoms with Gasteiger partial charge in [0.15, 0.2) is 6.61 Å². The van der Waals surface area contributed by atoms with Gasteiger partial charge in [0, 0.05) is 9.95 Å². The zero-order chi connectivity index (χ0) is 15.2. The fourth-order valence-corrected chi connectivity index (χ4v) is 3.80. The summed E-state index contributed by atoms with van der Waals surface area (Å²) < 4.78 is 4.99. The van der Waals surface area contributed by atoms with Crippen molar-refractivity contribution in [2.45, 2.75) is 30.4 Å². The number of carbonyl (C=O) groups is 1. The lowest BCUT2D eigenvalue weighted by Gasteiger charge is -2.46. The maximum atomic E-state index is 12.0. The summed E-state index contributed by atoms with van der Waals surface area (Å²) in [6.45, 7) is -0.424. The van der Waals surface area contributed by atoms with E-state index in [4.69, 9.17) is 16.3 Å². The fourth-order valence-electron chi connectivity index (χ4n) is 3.54. The predicted molar refractivity (Wildman–Crippen MR) is 73.6 cm³/mol. The second kappa shape index (κ2) is 4.96. The van der Waals surface area contributed by atoms with Crippen LogP contribution >= 0.6 is 11.6 Å². The number of nitrogens with zero attached hydrogens (tertiary/aromatic N) is 1. The van der Waals surface area contributed by atoms with Crippen LogP contribution in [0.3, 0.4) is 0 Å². The van der Waals surface area contributed by atoms with Crippen molar-refractivity contribution in [2.75, 3.05) is 6.61 Å². The molecule has 0 radical (unpaired) electrons. The molecular formula is C14H14ClNO5. The van der Waals surface area contributed by atoms with Crippen LogP contribution in [0.5, 0.6) is 0 Å². The molecule has 1 saturated carbocycles. The number of benzene rings is 1. The quantitative estimate of drug-likeness (QED) is 0.511. The van der Waals surface area contributed by atoms with E-state index in [9.17, 15) is 20.0 Å². The molecule has 0 amide bonds. The van der Waals surface area contributed by atoms with E-state index in [1.165, 1.54) is 0 Å². The number of halogens is 1. The topological polar surface area (TPSA) is 89.7 Å². The van der Waals surface area contributed by atoms with Crippen LogP contribution in [-0.4, -0.2) is 34.2 Å². The predicted octanol–water partition coefficient (Wildman–Crippen LogP) is 1.77. The summed E-state index contributed by atoms with van der Waals surface area (Å²) in [5.74, 6) is -1.87. The van der Waals surface area contributed by atoms with E-state index >= 15 is 0 Å². The molecule has 1 aromatic carbocycles. The van der Waals surface area contributed by atoms with Gasteiger partial charge in [-0.15, -0.1) is 0 Å². The molecule has 1 aromatic rings. The highest BCUT2D eigenvalue weighted by Crippen LogP contribution is 2.51. The van der Waals surface area contributed by atoms with Gasteiger partial charge in [-0.25, -0.2) is 0 Å². The minimum atomic E-state index is -1.72. The highest BCUT2D eigenvalue weighted by atomic mass is 35.5. The molecule has 1 aliphatic heterocycles. The minimum Gasteiger partial charge on any atom is -0.458 e. The first-order chi connectivity index (χ1) is 9.98. The van der Waals surface area contributed by atoms with Gasteiger partial charge in [-0.05, 0) is 24.5 Å². The van der Waals surface area contributed by atoms with Crippen LogP contribution in [0.25, 0.3) is 0 Å². The van der Waals surface area contributed by atoms with Gasteiger partial charge in [0.2, 0.25) is 0 Å². The Labute approximate surface area is 125 Å². The molecule has 1 aliphatic carbocycles. The van der Waals surface area contributed by atoms with Crippen molar-refractivity contribution in [2.24, 2.45) is 5.92 Å². The number of fused-ring (bicyclic) bond motifs is 2. The van der Waals surface area contributed by atoms with Gasteiger partial charge in [0.05, 0.1) is 11.8 Å². The molecular weight excluding hydrogens is 298 g/mol. The third-order valence-corrected chi connectivity index (χ3v) is 4.94. The number of rotatable bonds is 2. The van der Waals surface area contributed by atoms with E-state index in [1.807, 2.05) is 0 Å². The number of cyclic esters (lactones) is 1. The Morgan fingerprint density at radius 3 is 2.76 bits per heavy atom. The van der Waals surface area contributed by atoms with Crippen molar-refractivity contribution in [1.29, 1.82) is 0 Å². The Morgan fingerprint density at radius 2 is 2.10 bits per heavy atom. The summed E-state index contributed by atoms with van der Waals surface area (Å²) in [6, 6.07) is 6.75. The molecule has 2 aliphatic rings. The number of aliphatic hydroxyl groups excluding tert-OH is 1. The number of ether oxygens (including phenoxy) is 1. The van der Waals surface area contributed by atoms with E-state index in [2.05, 4.69) is 0 Å². The number of nitro groups is 1. The summed E-state index contributed by atoms with van der Waals surface area (Å²) in [7, 11) is 0. The first-order valence-electron chi connectivity index (χ1n) is 6.72. The van der Waals surface area contributed by atoms with Crippen molar-refractivity contribution in [3.8, 4) is 0 Å². The first-order valence-corrected chi connectivity index (χ1v) is 7.10. The van der Waals surface area contributed by atoms with Crippen LogP contribution in [0.4, 0.5) is 0 Å². The van der Waals surface area contributed by atoms with E-state index in [0.29, 0.717) is 17.0 Å². The Balaban J connectivity index is 2.19. The maximum Gasteiger partial charge on any atom is 0.310 e. The van der Waals surface area contributed by atoms with Crippen molar-refractivity contribution in [3.05, 3.63) is 45.0 Å². The maximum absolute atomic E-state index is 12.0. The van der Waals surface area contributed by atoms with Gasteiger partial charge in [-0.1, -0.05) is 29.8 Å². The van der Waals surface area contributed by atoms with Gasteiger partial charge in [-0.3, -0.25) is 14.9 Å². The molecule has 4 atom stereocenters. The molecule has 3 rings (SSSR count). The van der Waals surface area contributed by atoms with Crippen molar-refractivity contribution in [3.63, 3.8) is 0 Å². The van der Waals surface area contributed by atoms with E-state index in [1.54, 1.807) is 24.3 Å². The van der Waals surface area contributed by atoms with Crippen LogP contribution in [0.1, 0.15) is 24.3 Å². The Kier molecular flexibility index (Phi) is 3.37. The zero-order valence-electron chi connectivity index (χ0n) is 11.1. The average Bonchev–Trinajstić information content (AvgIpc) is 2.45. The fraction of sp³-hybridized carbons (Fsp3) is 0.500. The number of esters is 1. The lowest BCUT2D eigenvalue weighted by atomic mass is 9.62. The van der Waals surface area contributed by atoms with Gasteiger partial charge in [-0.2, -0.15) is 0 Å². The second-order valence-corrected chi connectivity index (χ2v) is 5.96. The van der Waals surface area contributed by atoms with Crippen molar-refractivity contribution >= 4 is 17.6 Å². The number of carbonyl (C=O) groups excluding carboxylic acids is 1. The Morgan fingerprint density at radius 1 is 1.38 bits per heavy atom. The average molecular weight is 312 g/mol. The minimum absolute atomic E-state index is 0.210. The van der Waals surface area contributed by atoms with Crippen LogP contribution in [0.2, 0.25) is 5.02 Å². The van der Waals surface area contributed by atoms with E-state index < -0.39 is 41.0 Å². The van der Waals surface area contributed by atoms with Gasteiger partial charge in [0.1, 0.15) is 6.10 Å². The summed E-state index contributed by atoms with van der Waals surface area (Å²) in [5, 5.41) is 22.3. The van der Waals surface area contributed by atoms with Crippen LogP contribution < -0.4 is 0 Å².